The van der Waals surface area contributed by atoms with Crippen LogP contribution in [0.1, 0.15) is 24.6 Å². The molecule has 1 aromatic heterocycles. The molecule has 1 atom stereocenters. The standard InChI is InChI=1S/C18H23N3O3/c1-13(24-17-9-5-4-8-16(17)23-3)18(22)21-10-6-7-15-14(12-21)11-19-20(15)2/h4-5,8-9,11,13H,6-7,10,12H2,1-3H3/t13-/m0/s1. The number of ether oxygens (including phenoxy) is 2. The number of aryl methyl sites for hydroxylation is 1. The van der Waals surface area contributed by atoms with Gasteiger partial charge in [0, 0.05) is 31.4 Å². The molecule has 3 rings (SSSR count). The molecule has 128 valence electrons. The summed E-state index contributed by atoms with van der Waals surface area (Å²) in [5.41, 5.74) is 2.33. The number of rotatable bonds is 4. The molecule has 1 aliphatic rings. The Kier molecular flexibility index (Phi) is 4.74. The van der Waals surface area contributed by atoms with E-state index in [1.807, 2.05) is 47.1 Å². The number of methoxy groups -OCH3 is 1. The van der Waals surface area contributed by atoms with Crippen molar-refractivity contribution in [3.05, 3.63) is 41.7 Å². The third-order valence-corrected chi connectivity index (χ3v) is 4.38. The summed E-state index contributed by atoms with van der Waals surface area (Å²) in [4.78, 5) is 14.7. The summed E-state index contributed by atoms with van der Waals surface area (Å²) >= 11 is 0. The van der Waals surface area contributed by atoms with Crippen LogP contribution in [0.4, 0.5) is 0 Å². The smallest absolute Gasteiger partial charge is 0.263 e. The van der Waals surface area contributed by atoms with Crippen molar-refractivity contribution in [2.24, 2.45) is 7.05 Å². The summed E-state index contributed by atoms with van der Waals surface area (Å²) in [5, 5.41) is 4.30. The lowest BCUT2D eigenvalue weighted by Crippen LogP contribution is -2.40. The first-order valence-electron chi connectivity index (χ1n) is 8.18. The highest BCUT2D eigenvalue weighted by atomic mass is 16.5. The van der Waals surface area contributed by atoms with Gasteiger partial charge in [-0.25, -0.2) is 0 Å². The van der Waals surface area contributed by atoms with Gasteiger partial charge in [0.05, 0.1) is 13.3 Å². The molecule has 0 saturated carbocycles. The lowest BCUT2D eigenvalue weighted by molar-refractivity contribution is -0.138. The van der Waals surface area contributed by atoms with Gasteiger partial charge in [0.25, 0.3) is 5.91 Å². The van der Waals surface area contributed by atoms with E-state index in [-0.39, 0.29) is 5.91 Å². The zero-order valence-electron chi connectivity index (χ0n) is 14.4. The van der Waals surface area contributed by atoms with Gasteiger partial charge in [-0.3, -0.25) is 9.48 Å². The maximum atomic E-state index is 12.8. The van der Waals surface area contributed by atoms with Crippen LogP contribution in [0.3, 0.4) is 0 Å². The Balaban J connectivity index is 1.71. The van der Waals surface area contributed by atoms with Crippen LogP contribution in [0, 0.1) is 0 Å². The average Bonchev–Trinajstić information content (AvgIpc) is 2.82. The summed E-state index contributed by atoms with van der Waals surface area (Å²) in [6.45, 7) is 3.10. The Morgan fingerprint density at radius 2 is 2.04 bits per heavy atom. The Bertz CT molecular complexity index is 726. The number of hydrogen-bond donors (Lipinski definition) is 0. The van der Waals surface area contributed by atoms with E-state index >= 15 is 0 Å². The van der Waals surface area contributed by atoms with Crippen LogP contribution in [0.5, 0.6) is 11.5 Å². The zero-order chi connectivity index (χ0) is 17.1. The Morgan fingerprint density at radius 3 is 2.79 bits per heavy atom. The van der Waals surface area contributed by atoms with Crippen molar-refractivity contribution in [1.82, 2.24) is 14.7 Å². The summed E-state index contributed by atoms with van der Waals surface area (Å²) in [6.07, 6.45) is 3.16. The Hall–Kier alpha value is -2.50. The summed E-state index contributed by atoms with van der Waals surface area (Å²) in [7, 11) is 3.54. The van der Waals surface area contributed by atoms with Gasteiger partial charge in [0.15, 0.2) is 17.6 Å². The molecule has 0 bridgehead atoms. The van der Waals surface area contributed by atoms with E-state index in [9.17, 15) is 4.79 Å². The number of fused-ring (bicyclic) bond motifs is 1. The molecule has 1 aromatic carbocycles. The van der Waals surface area contributed by atoms with Crippen molar-refractivity contribution in [3.63, 3.8) is 0 Å². The first-order chi connectivity index (χ1) is 11.6. The second kappa shape index (κ2) is 6.95. The van der Waals surface area contributed by atoms with Crippen LogP contribution in [-0.4, -0.2) is 40.3 Å². The Morgan fingerprint density at radius 1 is 1.29 bits per heavy atom. The maximum Gasteiger partial charge on any atom is 0.263 e. The van der Waals surface area contributed by atoms with Crippen LogP contribution in [-0.2, 0) is 24.8 Å². The van der Waals surface area contributed by atoms with Crippen molar-refractivity contribution in [2.45, 2.75) is 32.4 Å². The van der Waals surface area contributed by atoms with Crippen molar-refractivity contribution in [3.8, 4) is 11.5 Å². The van der Waals surface area contributed by atoms with Crippen molar-refractivity contribution in [2.75, 3.05) is 13.7 Å². The monoisotopic (exact) mass is 329 g/mol. The molecule has 0 saturated heterocycles. The van der Waals surface area contributed by atoms with Gasteiger partial charge in [-0.1, -0.05) is 12.1 Å². The van der Waals surface area contributed by atoms with Crippen LogP contribution in [0.15, 0.2) is 30.5 Å². The highest BCUT2D eigenvalue weighted by Crippen LogP contribution is 2.27. The third kappa shape index (κ3) is 3.22. The van der Waals surface area contributed by atoms with Gasteiger partial charge >= 0.3 is 0 Å². The number of para-hydroxylation sites is 2. The summed E-state index contributed by atoms with van der Waals surface area (Å²) < 4.78 is 13.0. The molecule has 0 unspecified atom stereocenters. The molecule has 24 heavy (non-hydrogen) atoms. The number of carbonyl (C=O) groups excluding carboxylic acids is 1. The van der Waals surface area contributed by atoms with Gasteiger partial charge in [-0.15, -0.1) is 0 Å². The van der Waals surface area contributed by atoms with Gasteiger partial charge in [0.1, 0.15) is 0 Å². The molecule has 0 spiro atoms. The fourth-order valence-corrected chi connectivity index (χ4v) is 3.09. The van der Waals surface area contributed by atoms with Crippen LogP contribution < -0.4 is 9.47 Å². The molecule has 2 aromatic rings. The largest absolute Gasteiger partial charge is 0.493 e. The Labute approximate surface area is 142 Å². The lowest BCUT2D eigenvalue weighted by Gasteiger charge is -2.25. The third-order valence-electron chi connectivity index (χ3n) is 4.38. The predicted molar refractivity (Wildman–Crippen MR) is 90.0 cm³/mol. The fourth-order valence-electron chi connectivity index (χ4n) is 3.09. The van der Waals surface area contributed by atoms with E-state index in [0.29, 0.717) is 18.0 Å². The van der Waals surface area contributed by atoms with E-state index in [1.165, 1.54) is 5.69 Å². The van der Waals surface area contributed by atoms with Gasteiger partial charge < -0.3 is 14.4 Å². The van der Waals surface area contributed by atoms with Gasteiger partial charge in [-0.2, -0.15) is 5.10 Å². The molecule has 2 heterocycles. The molecule has 6 nitrogen and oxygen atoms in total. The second-order valence-electron chi connectivity index (χ2n) is 6.01. The summed E-state index contributed by atoms with van der Waals surface area (Å²) in [5.74, 6) is 1.19. The SMILES string of the molecule is COc1ccccc1O[C@@H](C)C(=O)N1CCCc2c(cnn2C)C1. The van der Waals surface area contributed by atoms with Crippen molar-refractivity contribution in [1.29, 1.82) is 0 Å². The quantitative estimate of drug-likeness (QED) is 0.863. The summed E-state index contributed by atoms with van der Waals surface area (Å²) in [6, 6.07) is 7.37. The van der Waals surface area contributed by atoms with E-state index in [0.717, 1.165) is 24.9 Å². The zero-order valence-corrected chi connectivity index (χ0v) is 14.4. The number of amides is 1. The van der Waals surface area contributed by atoms with E-state index in [1.54, 1.807) is 14.0 Å². The topological polar surface area (TPSA) is 56.6 Å². The van der Waals surface area contributed by atoms with Crippen LogP contribution in [0.2, 0.25) is 0 Å². The van der Waals surface area contributed by atoms with E-state index in [4.69, 9.17) is 9.47 Å². The highest BCUT2D eigenvalue weighted by molar-refractivity contribution is 5.81. The molecule has 0 aliphatic carbocycles. The molecular weight excluding hydrogens is 306 g/mol. The normalized spacial score (nSPS) is 15.4. The lowest BCUT2D eigenvalue weighted by atomic mass is 10.2. The molecule has 6 heteroatoms. The number of benzene rings is 1. The highest BCUT2D eigenvalue weighted by Gasteiger charge is 2.26. The molecular formula is C18H23N3O3. The molecule has 0 N–H and O–H groups in total. The molecule has 0 radical (unpaired) electrons. The number of hydrogen-bond acceptors (Lipinski definition) is 4. The van der Waals surface area contributed by atoms with Crippen molar-refractivity contribution < 1.29 is 14.3 Å². The van der Waals surface area contributed by atoms with E-state index < -0.39 is 6.10 Å². The first kappa shape index (κ1) is 16.4. The number of carbonyl (C=O) groups is 1. The van der Waals surface area contributed by atoms with Crippen LogP contribution in [0.25, 0.3) is 0 Å². The van der Waals surface area contributed by atoms with Crippen LogP contribution >= 0.6 is 0 Å². The number of nitrogens with zero attached hydrogens (tertiary/aromatic N) is 3. The minimum atomic E-state index is -0.570. The minimum absolute atomic E-state index is 0.0161. The van der Waals surface area contributed by atoms with Crippen molar-refractivity contribution >= 4 is 5.91 Å². The predicted octanol–water partition coefficient (Wildman–Crippen LogP) is 2.17. The van der Waals surface area contributed by atoms with Gasteiger partial charge in [0.2, 0.25) is 0 Å². The minimum Gasteiger partial charge on any atom is -0.493 e. The molecule has 0 fully saturated rings. The molecule has 1 amide bonds. The fraction of sp³-hybridized carbons (Fsp3) is 0.444. The maximum absolute atomic E-state index is 12.8. The second-order valence-corrected chi connectivity index (χ2v) is 6.01. The van der Waals surface area contributed by atoms with E-state index in [2.05, 4.69) is 5.10 Å². The van der Waals surface area contributed by atoms with Gasteiger partial charge in [-0.05, 0) is 31.9 Å². The first-order valence-corrected chi connectivity index (χ1v) is 8.18. The molecule has 1 aliphatic heterocycles. The number of aromatic nitrogens is 2. The average molecular weight is 329 g/mol.